The largest absolute Gasteiger partial charge is 0.349 e. The summed E-state index contributed by atoms with van der Waals surface area (Å²) in [5.74, 6) is -0.0471. The number of hydrogen-bond donors (Lipinski definition) is 2. The zero-order valence-corrected chi connectivity index (χ0v) is 6.99. The molecule has 66 valence electrons. The van der Waals surface area contributed by atoms with E-state index in [9.17, 15) is 4.79 Å². The molecule has 0 saturated heterocycles. The minimum atomic E-state index is -0.0471. The Morgan fingerprint density at radius 1 is 1.58 bits per heavy atom. The van der Waals surface area contributed by atoms with Gasteiger partial charge in [-0.15, -0.1) is 0 Å². The van der Waals surface area contributed by atoms with Crippen LogP contribution < -0.4 is 11.1 Å². The maximum atomic E-state index is 11.1. The molecule has 0 aliphatic heterocycles. The van der Waals surface area contributed by atoms with E-state index in [1.165, 1.54) is 6.08 Å². The fourth-order valence-corrected chi connectivity index (χ4v) is 1.16. The first kappa shape index (κ1) is 9.00. The van der Waals surface area contributed by atoms with Crippen molar-refractivity contribution in [2.75, 3.05) is 6.54 Å². The molecule has 0 atom stereocenters. The van der Waals surface area contributed by atoms with Crippen LogP contribution in [0.4, 0.5) is 0 Å². The van der Waals surface area contributed by atoms with Crippen LogP contribution in [0.15, 0.2) is 24.3 Å². The average Bonchev–Trinajstić information content (AvgIpc) is 2.53. The first-order valence-corrected chi connectivity index (χ1v) is 4.15. The maximum Gasteiger partial charge on any atom is 0.243 e. The Morgan fingerprint density at radius 3 is 2.83 bits per heavy atom. The average molecular weight is 166 g/mol. The maximum absolute atomic E-state index is 11.1. The molecule has 0 heterocycles. The number of nitrogens with two attached hydrogens (primary N) is 1. The molecule has 1 aliphatic carbocycles. The van der Waals surface area contributed by atoms with E-state index in [0.717, 1.165) is 12.8 Å². The second-order valence-electron chi connectivity index (χ2n) is 2.79. The van der Waals surface area contributed by atoms with E-state index >= 15 is 0 Å². The molecule has 3 heteroatoms. The van der Waals surface area contributed by atoms with Gasteiger partial charge in [-0.3, -0.25) is 4.79 Å². The summed E-state index contributed by atoms with van der Waals surface area (Å²) in [6, 6.07) is 0.292. The van der Waals surface area contributed by atoms with Gasteiger partial charge >= 0.3 is 0 Å². The molecular weight excluding hydrogens is 152 g/mol. The molecule has 0 unspecified atom stereocenters. The monoisotopic (exact) mass is 166 g/mol. The van der Waals surface area contributed by atoms with Crippen LogP contribution in [-0.4, -0.2) is 18.5 Å². The summed E-state index contributed by atoms with van der Waals surface area (Å²) in [6.07, 6.45) is 9.19. The highest BCUT2D eigenvalue weighted by atomic mass is 16.1. The second-order valence-corrected chi connectivity index (χ2v) is 2.79. The molecule has 12 heavy (non-hydrogen) atoms. The van der Waals surface area contributed by atoms with E-state index < -0.39 is 0 Å². The first-order valence-electron chi connectivity index (χ1n) is 4.15. The summed E-state index contributed by atoms with van der Waals surface area (Å²) < 4.78 is 0. The minimum absolute atomic E-state index is 0.0471. The summed E-state index contributed by atoms with van der Waals surface area (Å²) >= 11 is 0. The third-order valence-electron chi connectivity index (χ3n) is 1.76. The van der Waals surface area contributed by atoms with Crippen LogP contribution >= 0.6 is 0 Å². The summed E-state index contributed by atoms with van der Waals surface area (Å²) in [5, 5.41) is 2.87. The molecule has 0 aromatic heterocycles. The van der Waals surface area contributed by atoms with Crippen molar-refractivity contribution >= 4 is 5.91 Å². The molecule has 0 spiro atoms. The number of carbonyl (C=O) groups is 1. The Labute approximate surface area is 72.3 Å². The van der Waals surface area contributed by atoms with Crippen molar-refractivity contribution < 1.29 is 4.79 Å². The van der Waals surface area contributed by atoms with Crippen molar-refractivity contribution in [3.05, 3.63) is 24.3 Å². The van der Waals surface area contributed by atoms with Crippen molar-refractivity contribution in [2.24, 2.45) is 5.73 Å². The Morgan fingerprint density at radius 2 is 2.25 bits per heavy atom. The highest BCUT2D eigenvalue weighted by Crippen LogP contribution is 2.08. The Bertz CT molecular complexity index is 201. The third kappa shape index (κ3) is 2.88. The van der Waals surface area contributed by atoms with Crippen LogP contribution in [-0.2, 0) is 4.79 Å². The first-order chi connectivity index (χ1) is 5.83. The zero-order chi connectivity index (χ0) is 8.81. The number of carbonyl (C=O) groups excluding carboxylic acids is 1. The summed E-state index contributed by atoms with van der Waals surface area (Å²) in [4.78, 5) is 11.1. The van der Waals surface area contributed by atoms with Crippen molar-refractivity contribution in [2.45, 2.75) is 18.9 Å². The number of amides is 1. The summed E-state index contributed by atoms with van der Waals surface area (Å²) in [6.45, 7) is 0.413. The Kier molecular flexibility index (Phi) is 3.54. The molecule has 0 aromatic carbocycles. The van der Waals surface area contributed by atoms with Gasteiger partial charge in [0, 0.05) is 18.7 Å². The van der Waals surface area contributed by atoms with E-state index in [-0.39, 0.29) is 5.91 Å². The van der Waals surface area contributed by atoms with E-state index in [1.54, 1.807) is 6.08 Å². The molecule has 0 aromatic rings. The lowest BCUT2D eigenvalue weighted by atomic mass is 10.2. The predicted octanol–water partition coefficient (Wildman–Crippen LogP) is 0.336. The van der Waals surface area contributed by atoms with Crippen molar-refractivity contribution in [1.29, 1.82) is 0 Å². The molecule has 0 radical (unpaired) electrons. The van der Waals surface area contributed by atoms with Crippen LogP contribution in [0.5, 0.6) is 0 Å². The summed E-state index contributed by atoms with van der Waals surface area (Å²) in [7, 11) is 0. The molecule has 1 amide bonds. The van der Waals surface area contributed by atoms with Crippen molar-refractivity contribution in [1.82, 2.24) is 5.32 Å². The quantitative estimate of drug-likeness (QED) is 0.469. The van der Waals surface area contributed by atoms with Gasteiger partial charge in [0.2, 0.25) is 5.91 Å². The van der Waals surface area contributed by atoms with Crippen molar-refractivity contribution in [3.63, 3.8) is 0 Å². The van der Waals surface area contributed by atoms with Gasteiger partial charge in [-0.2, -0.15) is 0 Å². The van der Waals surface area contributed by atoms with Gasteiger partial charge in [0.1, 0.15) is 0 Å². The van der Waals surface area contributed by atoms with Gasteiger partial charge in [0.25, 0.3) is 0 Å². The molecule has 0 fully saturated rings. The van der Waals surface area contributed by atoms with E-state index in [4.69, 9.17) is 5.73 Å². The van der Waals surface area contributed by atoms with Crippen LogP contribution in [0.2, 0.25) is 0 Å². The van der Waals surface area contributed by atoms with Gasteiger partial charge < -0.3 is 11.1 Å². The molecule has 3 N–H and O–H groups in total. The lowest BCUT2D eigenvalue weighted by molar-refractivity contribution is -0.117. The minimum Gasteiger partial charge on any atom is -0.349 e. The smallest absolute Gasteiger partial charge is 0.243 e. The number of hydrogen-bond acceptors (Lipinski definition) is 2. The SMILES string of the molecule is NC/C=C/C(=O)NC1CC=CC1. The van der Waals surface area contributed by atoms with Gasteiger partial charge in [-0.25, -0.2) is 0 Å². The standard InChI is InChI=1S/C9H14N2O/c10-7-3-6-9(12)11-8-4-1-2-5-8/h1-3,6,8H,4-5,7,10H2,(H,11,12)/b6-3+. The number of rotatable bonds is 3. The second kappa shape index (κ2) is 4.72. The van der Waals surface area contributed by atoms with Crippen LogP contribution in [0, 0.1) is 0 Å². The van der Waals surface area contributed by atoms with Gasteiger partial charge in [0.05, 0.1) is 0 Å². The predicted molar refractivity (Wildman–Crippen MR) is 48.5 cm³/mol. The molecule has 1 rings (SSSR count). The molecule has 0 saturated carbocycles. The lowest BCUT2D eigenvalue weighted by Gasteiger charge is -2.08. The Balaban J connectivity index is 2.22. The van der Waals surface area contributed by atoms with E-state index in [1.807, 2.05) is 0 Å². The van der Waals surface area contributed by atoms with Gasteiger partial charge in [-0.1, -0.05) is 18.2 Å². The third-order valence-corrected chi connectivity index (χ3v) is 1.76. The van der Waals surface area contributed by atoms with Crippen LogP contribution in [0.3, 0.4) is 0 Å². The molecular formula is C9H14N2O. The van der Waals surface area contributed by atoms with Crippen LogP contribution in [0.1, 0.15) is 12.8 Å². The van der Waals surface area contributed by atoms with E-state index in [2.05, 4.69) is 17.5 Å². The van der Waals surface area contributed by atoms with Gasteiger partial charge in [-0.05, 0) is 12.8 Å². The fourth-order valence-electron chi connectivity index (χ4n) is 1.16. The molecule has 3 nitrogen and oxygen atoms in total. The summed E-state index contributed by atoms with van der Waals surface area (Å²) in [5.41, 5.74) is 5.21. The zero-order valence-electron chi connectivity index (χ0n) is 6.99. The molecule has 0 bridgehead atoms. The molecule has 1 aliphatic rings. The van der Waals surface area contributed by atoms with Crippen molar-refractivity contribution in [3.8, 4) is 0 Å². The van der Waals surface area contributed by atoms with Gasteiger partial charge in [0.15, 0.2) is 0 Å². The van der Waals surface area contributed by atoms with Crippen LogP contribution in [0.25, 0.3) is 0 Å². The topological polar surface area (TPSA) is 55.1 Å². The Hall–Kier alpha value is -1.09. The highest BCUT2D eigenvalue weighted by Gasteiger charge is 2.10. The highest BCUT2D eigenvalue weighted by molar-refractivity contribution is 5.87. The fraction of sp³-hybridized carbons (Fsp3) is 0.444. The van der Waals surface area contributed by atoms with E-state index in [0.29, 0.717) is 12.6 Å². The number of nitrogens with one attached hydrogen (secondary N) is 1. The lowest BCUT2D eigenvalue weighted by Crippen LogP contribution is -2.31. The normalized spacial score (nSPS) is 17.4.